The van der Waals surface area contributed by atoms with E-state index in [0.717, 1.165) is 21.8 Å². The molecule has 0 fully saturated rings. The van der Waals surface area contributed by atoms with E-state index >= 15 is 0 Å². The molecule has 94 valence electrons. The molecule has 0 saturated carbocycles. The molecule has 2 rings (SSSR count). The first-order valence-corrected chi connectivity index (χ1v) is 6.83. The third kappa shape index (κ3) is 3.27. The zero-order valence-corrected chi connectivity index (χ0v) is 12.0. The molecule has 2 aromatic rings. The second kappa shape index (κ2) is 5.46. The van der Waals surface area contributed by atoms with Crippen molar-refractivity contribution in [2.45, 2.75) is 13.8 Å². The zero-order chi connectivity index (χ0) is 13.1. The topological polar surface area (TPSA) is 37.0 Å². The van der Waals surface area contributed by atoms with E-state index in [2.05, 4.69) is 28.3 Å². The summed E-state index contributed by atoms with van der Waals surface area (Å²) in [5.74, 6) is 0. The number of hydrogen-bond acceptors (Lipinski definition) is 3. The number of aromatic nitrogens is 1. The summed E-state index contributed by atoms with van der Waals surface area (Å²) in [4.78, 5) is 4.42. The number of anilines is 1. The van der Waals surface area contributed by atoms with Gasteiger partial charge < -0.3 is 10.6 Å². The normalized spacial score (nSPS) is 10.3. The highest BCUT2D eigenvalue weighted by Gasteiger charge is 2.02. The number of hydrogen-bond donors (Lipinski definition) is 2. The van der Waals surface area contributed by atoms with Gasteiger partial charge >= 0.3 is 0 Å². The number of fused-ring (bicyclic) bond motifs is 1. The molecule has 1 aromatic carbocycles. The Hall–Kier alpha value is -1.46. The zero-order valence-electron chi connectivity index (χ0n) is 10.4. The molecule has 0 aliphatic carbocycles. The highest BCUT2D eigenvalue weighted by Crippen LogP contribution is 2.24. The molecule has 0 unspecified atom stereocenters. The van der Waals surface area contributed by atoms with Gasteiger partial charge in [0.05, 0.1) is 15.2 Å². The summed E-state index contributed by atoms with van der Waals surface area (Å²) >= 11 is 6.89. The molecule has 0 bridgehead atoms. The monoisotopic (exact) mass is 277 g/mol. The minimum absolute atomic E-state index is 0.610. The smallest absolute Gasteiger partial charge is 0.171 e. The summed E-state index contributed by atoms with van der Waals surface area (Å²) in [6.07, 6.45) is 0. The predicted octanol–water partition coefficient (Wildman–Crippen LogP) is 3.47. The predicted molar refractivity (Wildman–Crippen MR) is 83.4 cm³/mol. The van der Waals surface area contributed by atoms with E-state index in [1.807, 2.05) is 26.0 Å². The van der Waals surface area contributed by atoms with Gasteiger partial charge in [-0.2, -0.15) is 0 Å². The molecule has 0 atom stereocenters. The Balaban J connectivity index is 2.07. The minimum Gasteiger partial charge on any atom is -0.359 e. The lowest BCUT2D eigenvalue weighted by molar-refractivity contribution is 1.000. The third-order valence-corrected chi connectivity index (χ3v) is 3.48. The van der Waals surface area contributed by atoms with E-state index in [1.54, 1.807) is 11.3 Å². The van der Waals surface area contributed by atoms with Gasteiger partial charge in [-0.3, -0.25) is 0 Å². The number of thiocarbonyl (C=S) groups is 1. The fourth-order valence-electron chi connectivity index (χ4n) is 1.52. The number of rotatable bonds is 3. The first kappa shape index (κ1) is 13.0. The van der Waals surface area contributed by atoms with Crippen LogP contribution in [0.4, 0.5) is 5.69 Å². The van der Waals surface area contributed by atoms with Gasteiger partial charge in [-0.25, -0.2) is 4.98 Å². The Kier molecular flexibility index (Phi) is 3.93. The Morgan fingerprint density at radius 3 is 3.00 bits per heavy atom. The van der Waals surface area contributed by atoms with Crippen LogP contribution in [0.15, 0.2) is 30.4 Å². The van der Waals surface area contributed by atoms with Crippen molar-refractivity contribution in [3.63, 3.8) is 0 Å². The summed E-state index contributed by atoms with van der Waals surface area (Å²) in [6, 6.07) is 6.05. The van der Waals surface area contributed by atoms with Crippen molar-refractivity contribution in [2.75, 3.05) is 11.9 Å². The molecule has 0 spiro atoms. The fraction of sp³-hybridized carbons (Fsp3) is 0.231. The first-order valence-electron chi connectivity index (χ1n) is 5.61. The minimum atomic E-state index is 0.610. The number of aryl methyl sites for hydroxylation is 1. The molecule has 3 nitrogen and oxygen atoms in total. The van der Waals surface area contributed by atoms with Gasteiger partial charge in [0.15, 0.2) is 5.11 Å². The SMILES string of the molecule is C=C(C)CNC(=S)Nc1ccc2nc(C)sc2c1. The maximum Gasteiger partial charge on any atom is 0.171 e. The summed E-state index contributed by atoms with van der Waals surface area (Å²) in [7, 11) is 0. The Bertz CT molecular complexity index is 601. The molecule has 1 aromatic heterocycles. The quantitative estimate of drug-likeness (QED) is 0.665. The van der Waals surface area contributed by atoms with Crippen molar-refractivity contribution in [1.29, 1.82) is 0 Å². The van der Waals surface area contributed by atoms with Crippen LogP contribution in [0.3, 0.4) is 0 Å². The number of thiazole rings is 1. The standard InChI is InChI=1S/C13H15N3S2/c1-8(2)7-14-13(17)16-10-4-5-11-12(6-10)18-9(3)15-11/h4-6H,1,7H2,2-3H3,(H2,14,16,17). The third-order valence-electron chi connectivity index (χ3n) is 2.30. The molecular weight excluding hydrogens is 262 g/mol. The summed E-state index contributed by atoms with van der Waals surface area (Å²) in [6.45, 7) is 8.48. The van der Waals surface area contributed by atoms with Crippen LogP contribution in [0.2, 0.25) is 0 Å². The van der Waals surface area contributed by atoms with Crippen molar-refractivity contribution in [3.05, 3.63) is 35.4 Å². The molecular formula is C13H15N3S2. The molecule has 18 heavy (non-hydrogen) atoms. The molecule has 2 N–H and O–H groups in total. The molecule has 0 amide bonds. The Morgan fingerprint density at radius 2 is 2.28 bits per heavy atom. The Morgan fingerprint density at radius 1 is 1.50 bits per heavy atom. The summed E-state index contributed by atoms with van der Waals surface area (Å²) in [5, 5.41) is 7.93. The molecule has 0 saturated heterocycles. The van der Waals surface area contributed by atoms with Crippen molar-refractivity contribution in [3.8, 4) is 0 Å². The number of benzene rings is 1. The number of nitrogens with zero attached hydrogens (tertiary/aromatic N) is 1. The highest BCUT2D eigenvalue weighted by atomic mass is 32.1. The van der Waals surface area contributed by atoms with E-state index in [4.69, 9.17) is 12.2 Å². The molecule has 1 heterocycles. The maximum absolute atomic E-state index is 5.21. The second-order valence-electron chi connectivity index (χ2n) is 4.18. The van der Waals surface area contributed by atoms with Gasteiger partial charge in [0, 0.05) is 12.2 Å². The van der Waals surface area contributed by atoms with Gasteiger partial charge in [0.25, 0.3) is 0 Å². The van der Waals surface area contributed by atoms with E-state index in [9.17, 15) is 0 Å². The van der Waals surface area contributed by atoms with Gasteiger partial charge in [-0.05, 0) is 44.3 Å². The van der Waals surface area contributed by atoms with Gasteiger partial charge in [0.2, 0.25) is 0 Å². The molecule has 0 aliphatic heterocycles. The van der Waals surface area contributed by atoms with E-state index in [-0.39, 0.29) is 0 Å². The van der Waals surface area contributed by atoms with Crippen LogP contribution < -0.4 is 10.6 Å². The molecule has 5 heteroatoms. The van der Waals surface area contributed by atoms with Crippen LogP contribution in [0.1, 0.15) is 11.9 Å². The van der Waals surface area contributed by atoms with E-state index in [0.29, 0.717) is 11.7 Å². The van der Waals surface area contributed by atoms with Crippen LogP contribution in [-0.2, 0) is 0 Å². The van der Waals surface area contributed by atoms with Crippen molar-refractivity contribution >= 4 is 44.6 Å². The molecule has 0 radical (unpaired) electrons. The first-order chi connectivity index (χ1) is 8.54. The van der Waals surface area contributed by atoms with Gasteiger partial charge in [-0.1, -0.05) is 12.2 Å². The van der Waals surface area contributed by atoms with E-state index < -0.39 is 0 Å². The maximum atomic E-state index is 5.21. The van der Waals surface area contributed by atoms with Crippen molar-refractivity contribution in [1.82, 2.24) is 10.3 Å². The average molecular weight is 277 g/mol. The van der Waals surface area contributed by atoms with Crippen LogP contribution in [0.25, 0.3) is 10.2 Å². The van der Waals surface area contributed by atoms with E-state index in [1.165, 1.54) is 4.70 Å². The Labute approximate surface area is 116 Å². The van der Waals surface area contributed by atoms with Crippen molar-refractivity contribution < 1.29 is 0 Å². The second-order valence-corrected chi connectivity index (χ2v) is 5.82. The number of nitrogens with one attached hydrogen (secondary N) is 2. The van der Waals surface area contributed by atoms with Crippen LogP contribution >= 0.6 is 23.6 Å². The highest BCUT2D eigenvalue weighted by molar-refractivity contribution is 7.80. The fourth-order valence-corrected chi connectivity index (χ4v) is 2.58. The van der Waals surface area contributed by atoms with Gasteiger partial charge in [0.1, 0.15) is 0 Å². The summed E-state index contributed by atoms with van der Waals surface area (Å²) < 4.78 is 1.17. The average Bonchev–Trinajstić information content (AvgIpc) is 2.66. The van der Waals surface area contributed by atoms with Crippen LogP contribution in [-0.4, -0.2) is 16.6 Å². The summed E-state index contributed by atoms with van der Waals surface area (Å²) in [5.41, 5.74) is 3.06. The van der Waals surface area contributed by atoms with Crippen LogP contribution in [0, 0.1) is 6.92 Å². The largest absolute Gasteiger partial charge is 0.359 e. The lowest BCUT2D eigenvalue weighted by Gasteiger charge is -2.10. The lowest BCUT2D eigenvalue weighted by Crippen LogP contribution is -2.29. The molecule has 0 aliphatic rings. The van der Waals surface area contributed by atoms with Gasteiger partial charge in [-0.15, -0.1) is 11.3 Å². The lowest BCUT2D eigenvalue weighted by atomic mass is 10.3. The van der Waals surface area contributed by atoms with Crippen LogP contribution in [0.5, 0.6) is 0 Å². The van der Waals surface area contributed by atoms with Crippen molar-refractivity contribution in [2.24, 2.45) is 0 Å².